The molecule has 0 aliphatic rings. The standard InChI is InChI=1S/CH2OS2.Ca.Cu.Na.H3O4P/c2-1(3)4;;;;1-5(2,3)4/h(H2,2,3,4);;;;(H3,1,2,3,4)/q;2*+2;+1;/p-5. The van der Waals surface area contributed by atoms with Crippen molar-refractivity contribution in [2.75, 3.05) is 0 Å². The Morgan fingerprint density at radius 1 is 1.33 bits per heavy atom. The maximum Gasteiger partial charge on any atom is 2.00 e. The molecule has 0 saturated heterocycles. The summed E-state index contributed by atoms with van der Waals surface area (Å²) >= 11 is 7.59. The topological polar surface area (TPSA) is 109 Å². The third kappa shape index (κ3) is 208. The zero-order valence-corrected chi connectivity index (χ0v) is 13.5. The summed E-state index contributed by atoms with van der Waals surface area (Å²) in [5.74, 6) is 0. The predicted octanol–water partition coefficient (Wildman–Crippen LogP) is -7.03. The van der Waals surface area contributed by atoms with Crippen molar-refractivity contribution in [2.24, 2.45) is 0 Å². The summed E-state index contributed by atoms with van der Waals surface area (Å²) in [7, 11) is -5.39. The molecule has 0 rings (SSSR count). The van der Waals surface area contributed by atoms with Crippen LogP contribution in [0, 0.1) is 0 Å². The molecule has 0 saturated carbocycles. The number of hydrogen-bond donors (Lipinski definition) is 0. The third-order valence-electron chi connectivity index (χ3n) is 0. The van der Waals surface area contributed by atoms with E-state index in [0.29, 0.717) is 0 Å². The average Bonchev–Trinajstić information content (AvgIpc) is 1.19. The molecule has 0 amide bonds. The van der Waals surface area contributed by atoms with Crippen LogP contribution in [0.1, 0.15) is 0 Å². The molecule has 0 atom stereocenters. The molecule has 0 bridgehead atoms. The third-order valence-corrected chi connectivity index (χ3v) is 0. The van der Waals surface area contributed by atoms with E-state index in [-0.39, 0.29) is 84.4 Å². The minimum absolute atomic E-state index is 0. The van der Waals surface area contributed by atoms with Gasteiger partial charge in [-0.05, 0) is 0 Å². The Kier molecular flexibility index (Phi) is 40.3. The van der Waals surface area contributed by atoms with E-state index in [1.54, 1.807) is 0 Å². The van der Waals surface area contributed by atoms with Crippen LogP contribution in [0.3, 0.4) is 0 Å². The number of thiocarbonyl (C=S) groups is 1. The molecule has 12 heavy (non-hydrogen) atoms. The van der Waals surface area contributed by atoms with E-state index in [2.05, 4.69) is 24.8 Å². The summed E-state index contributed by atoms with van der Waals surface area (Å²) < 4.78 is 7.88. The summed E-state index contributed by atoms with van der Waals surface area (Å²) in [6.07, 6.45) is 0. The zero-order chi connectivity index (χ0) is 8.08. The molecule has 11 heteroatoms. The van der Waals surface area contributed by atoms with Crippen molar-refractivity contribution < 1.29 is 71.0 Å². The Hall–Kier alpha value is 3.00. The van der Waals surface area contributed by atoms with Crippen LogP contribution in [0.2, 0.25) is 0 Å². The van der Waals surface area contributed by atoms with Gasteiger partial charge in [0.1, 0.15) is 0 Å². The van der Waals surface area contributed by atoms with Gasteiger partial charge in [0.05, 0.1) is 0 Å². The molecule has 0 aromatic carbocycles. The molecule has 0 aromatic heterocycles. The molecular weight excluding hydrogens is 314 g/mol. The monoisotopic (exact) mass is 313 g/mol. The van der Waals surface area contributed by atoms with E-state index in [9.17, 15) is 0 Å². The Balaban J connectivity index is -0.0000000221. The SMILES string of the molecule is O=P([O-])([O-])[O-].[Ca+2].[Cu+2].[Na+].[O-]C(=S)[S-]. The summed E-state index contributed by atoms with van der Waals surface area (Å²) in [5, 5.41) is 9.07. The Morgan fingerprint density at radius 3 is 1.33 bits per heavy atom. The average molecular weight is 314 g/mol. The Labute approximate surface area is 143 Å². The van der Waals surface area contributed by atoms with E-state index in [1.807, 2.05) is 0 Å². The molecule has 0 aliphatic carbocycles. The second-order valence-electron chi connectivity index (χ2n) is 0.697. The number of rotatable bonds is 0. The van der Waals surface area contributed by atoms with Crippen LogP contribution in [0.25, 0.3) is 0 Å². The van der Waals surface area contributed by atoms with Crippen LogP contribution in [-0.2, 0) is 34.3 Å². The summed E-state index contributed by atoms with van der Waals surface area (Å²) in [6, 6.07) is 0. The van der Waals surface area contributed by atoms with Crippen molar-refractivity contribution >= 4 is 74.8 Å². The van der Waals surface area contributed by atoms with Crippen molar-refractivity contribution in [3.8, 4) is 0 Å². The second kappa shape index (κ2) is 16.4. The van der Waals surface area contributed by atoms with Gasteiger partial charge in [0.25, 0.3) is 0 Å². The van der Waals surface area contributed by atoms with Gasteiger partial charge in [0.2, 0.25) is 0 Å². The first kappa shape index (κ1) is 29.4. The van der Waals surface area contributed by atoms with Gasteiger partial charge in [-0.1, -0.05) is 0 Å². The van der Waals surface area contributed by atoms with E-state index in [1.165, 1.54) is 0 Å². The Morgan fingerprint density at radius 2 is 1.33 bits per heavy atom. The fourth-order valence-corrected chi connectivity index (χ4v) is 0. The van der Waals surface area contributed by atoms with Crippen molar-refractivity contribution in [3.63, 3.8) is 0 Å². The molecule has 0 aromatic rings. The van der Waals surface area contributed by atoms with Crippen LogP contribution >= 0.6 is 20.0 Å². The van der Waals surface area contributed by atoms with Gasteiger partial charge in [0, 0.05) is 0 Å². The van der Waals surface area contributed by atoms with Gasteiger partial charge in [-0.3, -0.25) is 0 Å². The quantitative estimate of drug-likeness (QED) is 0.189. The van der Waals surface area contributed by atoms with Crippen LogP contribution in [-0.4, -0.2) is 42.1 Å². The fraction of sp³-hybridized carbons (Fsp3) is 0. The maximum absolute atomic E-state index is 9.07. The predicted molar refractivity (Wildman–Crippen MR) is 33.3 cm³/mol. The molecule has 5 nitrogen and oxygen atoms in total. The summed E-state index contributed by atoms with van der Waals surface area (Å²) in [6.45, 7) is 0. The van der Waals surface area contributed by atoms with Crippen LogP contribution in [0.5, 0.6) is 0 Å². The largest absolute Gasteiger partial charge is 2.00 e. The van der Waals surface area contributed by atoms with Crippen LogP contribution in [0.4, 0.5) is 0 Å². The first-order valence-corrected chi connectivity index (χ1v) is 3.62. The molecule has 0 aliphatic heterocycles. The first-order valence-electron chi connectivity index (χ1n) is 1.34. The first-order chi connectivity index (χ1) is 3.73. The van der Waals surface area contributed by atoms with Crippen molar-refractivity contribution in [3.05, 3.63) is 0 Å². The van der Waals surface area contributed by atoms with Gasteiger partial charge in [-0.15, -0.1) is 0 Å². The molecule has 0 spiro atoms. The van der Waals surface area contributed by atoms with Crippen molar-refractivity contribution in [1.82, 2.24) is 0 Å². The summed E-state index contributed by atoms with van der Waals surface area (Å²) in [5.41, 5.74) is 0. The fourth-order valence-electron chi connectivity index (χ4n) is 0. The van der Waals surface area contributed by atoms with E-state index in [4.69, 9.17) is 24.4 Å². The minimum Gasteiger partial charge on any atom is -0.887 e. The molecule has 0 fully saturated rings. The molecule has 1 radical (unpaired) electrons. The van der Waals surface area contributed by atoms with Gasteiger partial charge >= 0.3 is 84.4 Å². The maximum atomic E-state index is 9.07. The zero-order valence-electron chi connectivity index (χ0n) is 5.81. The van der Waals surface area contributed by atoms with Gasteiger partial charge in [-0.2, -0.15) is 7.82 Å². The van der Waals surface area contributed by atoms with Gasteiger partial charge in [0.15, 0.2) is 0 Å². The molecule has 65 valence electrons. The van der Waals surface area contributed by atoms with Crippen molar-refractivity contribution in [2.45, 2.75) is 0 Å². The summed E-state index contributed by atoms with van der Waals surface area (Å²) in [4.78, 5) is 25.6. The normalized spacial score (nSPS) is 6.92. The van der Waals surface area contributed by atoms with E-state index in [0.717, 1.165) is 0 Å². The smallest absolute Gasteiger partial charge is 0.887 e. The molecule has 0 unspecified atom stereocenters. The number of phosphoric acid groups is 1. The van der Waals surface area contributed by atoms with Crippen LogP contribution < -0.4 is 49.3 Å². The molecular formula is CCaCuNaO5PS2. The molecule has 0 N–H and O–H groups in total. The van der Waals surface area contributed by atoms with Crippen molar-refractivity contribution in [1.29, 1.82) is 0 Å². The van der Waals surface area contributed by atoms with E-state index >= 15 is 0 Å². The number of hydrogen-bond acceptors (Lipinski definition) is 7. The van der Waals surface area contributed by atoms with Crippen LogP contribution in [0.15, 0.2) is 0 Å². The van der Waals surface area contributed by atoms with Gasteiger partial charge in [-0.25, -0.2) is 4.38 Å². The Bertz CT molecular complexity index is 129. The van der Waals surface area contributed by atoms with Gasteiger partial charge < -0.3 is 49.2 Å². The van der Waals surface area contributed by atoms with E-state index < -0.39 is 12.2 Å². The minimum atomic E-state index is -5.39. The molecule has 0 heterocycles. The second-order valence-corrected chi connectivity index (χ2v) is 2.59.